The number of imidazole rings is 1. The number of H-pyrrole nitrogens is 1. The van der Waals surface area contributed by atoms with Crippen LogP contribution in [0.4, 0.5) is 0 Å². The van der Waals surface area contributed by atoms with Crippen molar-refractivity contribution in [1.82, 2.24) is 24.7 Å². The smallest absolute Gasteiger partial charge is 0.258 e. The zero-order chi connectivity index (χ0) is 19.5. The molecule has 142 valence electrons. The van der Waals surface area contributed by atoms with Crippen LogP contribution in [-0.2, 0) is 17.8 Å². The number of pyridine rings is 1. The Labute approximate surface area is 161 Å². The first-order chi connectivity index (χ1) is 13.6. The number of benzene rings is 1. The molecule has 0 spiro atoms. The van der Waals surface area contributed by atoms with E-state index in [4.69, 9.17) is 0 Å². The van der Waals surface area contributed by atoms with E-state index in [2.05, 4.69) is 20.3 Å². The number of aromatic nitrogens is 4. The predicted octanol–water partition coefficient (Wildman–Crippen LogP) is 2.52. The standard InChI is InChI=1S/C21H21N5O2/c1-14-6-5-11-26-13-15(23-20(14)26)12-22-19(27)10-4-9-18-24-17-8-3-2-7-16(17)21(28)25-18/h2-3,5-8,11,13H,4,9-10,12H2,1H3,(H,22,27)(H,24,25,28). The number of aromatic amines is 1. The summed E-state index contributed by atoms with van der Waals surface area (Å²) in [5.74, 6) is 0.559. The first-order valence-electron chi connectivity index (χ1n) is 9.28. The Bertz CT molecular complexity index is 1210. The van der Waals surface area contributed by atoms with E-state index in [0.29, 0.717) is 42.5 Å². The lowest BCUT2D eigenvalue weighted by molar-refractivity contribution is -0.121. The molecular weight excluding hydrogens is 354 g/mol. The SMILES string of the molecule is Cc1cccn2cc(CNC(=O)CCCc3nc4ccccc4c(=O)[nH]3)nc12. The molecule has 2 N–H and O–H groups in total. The molecule has 0 aliphatic carbocycles. The third-order valence-corrected chi connectivity index (χ3v) is 4.67. The number of carbonyl (C=O) groups excluding carboxylic acids is 1. The number of fused-ring (bicyclic) bond motifs is 2. The van der Waals surface area contributed by atoms with Crippen LogP contribution in [0, 0.1) is 6.92 Å². The van der Waals surface area contributed by atoms with Crippen molar-refractivity contribution < 1.29 is 4.79 Å². The fraction of sp³-hybridized carbons (Fsp3) is 0.238. The van der Waals surface area contributed by atoms with Crippen molar-refractivity contribution in [3.8, 4) is 0 Å². The van der Waals surface area contributed by atoms with E-state index in [1.807, 2.05) is 54.0 Å². The number of nitrogens with one attached hydrogen (secondary N) is 2. The number of amides is 1. The van der Waals surface area contributed by atoms with Crippen LogP contribution in [0.5, 0.6) is 0 Å². The number of hydrogen-bond acceptors (Lipinski definition) is 4. The van der Waals surface area contributed by atoms with Crippen LogP contribution in [0.25, 0.3) is 16.6 Å². The molecule has 1 aromatic carbocycles. The second-order valence-electron chi connectivity index (χ2n) is 6.81. The van der Waals surface area contributed by atoms with Crippen molar-refractivity contribution in [1.29, 1.82) is 0 Å². The number of nitrogens with zero attached hydrogens (tertiary/aromatic N) is 3. The molecule has 0 unspecified atom stereocenters. The maximum atomic E-state index is 12.1. The lowest BCUT2D eigenvalue weighted by atomic mass is 10.2. The summed E-state index contributed by atoms with van der Waals surface area (Å²) in [6, 6.07) is 11.2. The third kappa shape index (κ3) is 3.78. The molecule has 4 rings (SSSR count). The topological polar surface area (TPSA) is 92.1 Å². The molecule has 0 aliphatic heterocycles. The summed E-state index contributed by atoms with van der Waals surface area (Å²) in [4.78, 5) is 36.0. The van der Waals surface area contributed by atoms with E-state index in [9.17, 15) is 9.59 Å². The fourth-order valence-corrected chi connectivity index (χ4v) is 3.24. The van der Waals surface area contributed by atoms with Gasteiger partial charge >= 0.3 is 0 Å². The summed E-state index contributed by atoms with van der Waals surface area (Å²) in [6.07, 6.45) is 5.38. The van der Waals surface area contributed by atoms with Gasteiger partial charge in [-0.25, -0.2) is 9.97 Å². The summed E-state index contributed by atoms with van der Waals surface area (Å²) >= 11 is 0. The van der Waals surface area contributed by atoms with E-state index in [-0.39, 0.29) is 11.5 Å². The third-order valence-electron chi connectivity index (χ3n) is 4.67. The molecule has 1 amide bonds. The van der Waals surface area contributed by atoms with Gasteiger partial charge in [0.25, 0.3) is 5.56 Å². The fourth-order valence-electron chi connectivity index (χ4n) is 3.24. The molecule has 3 aromatic heterocycles. The predicted molar refractivity (Wildman–Crippen MR) is 107 cm³/mol. The highest BCUT2D eigenvalue weighted by atomic mass is 16.1. The molecular formula is C21H21N5O2. The van der Waals surface area contributed by atoms with Crippen molar-refractivity contribution in [2.75, 3.05) is 0 Å². The van der Waals surface area contributed by atoms with Gasteiger partial charge in [0.2, 0.25) is 5.91 Å². The monoisotopic (exact) mass is 375 g/mol. The molecule has 7 nitrogen and oxygen atoms in total. The van der Waals surface area contributed by atoms with Crippen LogP contribution in [0.3, 0.4) is 0 Å². The van der Waals surface area contributed by atoms with E-state index < -0.39 is 0 Å². The maximum Gasteiger partial charge on any atom is 0.258 e. The Kier molecular flexibility index (Phi) is 4.89. The quantitative estimate of drug-likeness (QED) is 0.542. The molecule has 0 fully saturated rings. The Morgan fingerprint density at radius 1 is 1.18 bits per heavy atom. The molecule has 0 aliphatic rings. The van der Waals surface area contributed by atoms with Gasteiger partial charge in [0.05, 0.1) is 23.1 Å². The van der Waals surface area contributed by atoms with Crippen molar-refractivity contribution in [3.63, 3.8) is 0 Å². The lowest BCUT2D eigenvalue weighted by Gasteiger charge is -2.04. The molecule has 0 bridgehead atoms. The van der Waals surface area contributed by atoms with Gasteiger partial charge in [-0.05, 0) is 37.1 Å². The first-order valence-corrected chi connectivity index (χ1v) is 9.28. The Morgan fingerprint density at radius 3 is 2.89 bits per heavy atom. The van der Waals surface area contributed by atoms with Gasteiger partial charge in [0.15, 0.2) is 0 Å². The molecule has 0 radical (unpaired) electrons. The van der Waals surface area contributed by atoms with Crippen molar-refractivity contribution >= 4 is 22.5 Å². The average molecular weight is 375 g/mol. The second kappa shape index (κ2) is 7.64. The summed E-state index contributed by atoms with van der Waals surface area (Å²) in [6.45, 7) is 2.40. The van der Waals surface area contributed by atoms with Crippen LogP contribution < -0.4 is 10.9 Å². The summed E-state index contributed by atoms with van der Waals surface area (Å²) in [5, 5.41) is 3.48. The van der Waals surface area contributed by atoms with E-state index in [1.165, 1.54) is 0 Å². The Hall–Kier alpha value is -3.48. The minimum atomic E-state index is -0.146. The summed E-state index contributed by atoms with van der Waals surface area (Å²) in [5.41, 5.74) is 3.35. The van der Waals surface area contributed by atoms with E-state index in [0.717, 1.165) is 16.9 Å². The van der Waals surface area contributed by atoms with Crippen molar-refractivity contribution in [3.05, 3.63) is 76.2 Å². The zero-order valence-electron chi connectivity index (χ0n) is 15.6. The summed E-state index contributed by atoms with van der Waals surface area (Å²) < 4.78 is 1.96. The van der Waals surface area contributed by atoms with Crippen molar-refractivity contribution in [2.24, 2.45) is 0 Å². The van der Waals surface area contributed by atoms with Gasteiger partial charge in [-0.1, -0.05) is 18.2 Å². The molecule has 0 saturated carbocycles. The number of hydrogen-bond donors (Lipinski definition) is 2. The highest BCUT2D eigenvalue weighted by Gasteiger charge is 2.08. The Morgan fingerprint density at radius 2 is 2.04 bits per heavy atom. The molecule has 7 heteroatoms. The van der Waals surface area contributed by atoms with Crippen LogP contribution >= 0.6 is 0 Å². The molecule has 0 saturated heterocycles. The first kappa shape index (κ1) is 17.9. The van der Waals surface area contributed by atoms with Crippen LogP contribution in [0.15, 0.2) is 53.6 Å². The zero-order valence-corrected chi connectivity index (χ0v) is 15.6. The highest BCUT2D eigenvalue weighted by Crippen LogP contribution is 2.10. The molecule has 4 aromatic rings. The minimum Gasteiger partial charge on any atom is -0.350 e. The molecule has 3 heterocycles. The molecule has 28 heavy (non-hydrogen) atoms. The van der Waals surface area contributed by atoms with Gasteiger partial charge in [-0.2, -0.15) is 0 Å². The van der Waals surface area contributed by atoms with Gasteiger partial charge in [0.1, 0.15) is 11.5 Å². The van der Waals surface area contributed by atoms with Crippen LogP contribution in [0.1, 0.15) is 29.9 Å². The van der Waals surface area contributed by atoms with Crippen molar-refractivity contribution in [2.45, 2.75) is 32.7 Å². The number of aryl methyl sites for hydroxylation is 2. The maximum absolute atomic E-state index is 12.1. The van der Waals surface area contributed by atoms with Crippen LogP contribution in [0.2, 0.25) is 0 Å². The van der Waals surface area contributed by atoms with E-state index >= 15 is 0 Å². The Balaban J connectivity index is 1.31. The minimum absolute atomic E-state index is 0.0445. The second-order valence-corrected chi connectivity index (χ2v) is 6.81. The van der Waals surface area contributed by atoms with Gasteiger partial charge in [-0.15, -0.1) is 0 Å². The van der Waals surface area contributed by atoms with E-state index in [1.54, 1.807) is 6.07 Å². The van der Waals surface area contributed by atoms with Gasteiger partial charge in [-0.3, -0.25) is 9.59 Å². The number of rotatable bonds is 6. The van der Waals surface area contributed by atoms with Gasteiger partial charge < -0.3 is 14.7 Å². The largest absolute Gasteiger partial charge is 0.350 e. The molecule has 0 atom stereocenters. The number of carbonyl (C=O) groups is 1. The summed E-state index contributed by atoms with van der Waals surface area (Å²) in [7, 11) is 0. The van der Waals surface area contributed by atoms with Crippen LogP contribution in [-0.4, -0.2) is 25.3 Å². The normalized spacial score (nSPS) is 11.2. The highest BCUT2D eigenvalue weighted by molar-refractivity contribution is 5.77. The van der Waals surface area contributed by atoms with Gasteiger partial charge in [0, 0.05) is 25.2 Å². The lowest BCUT2D eigenvalue weighted by Crippen LogP contribution is -2.23. The average Bonchev–Trinajstić information content (AvgIpc) is 3.11. The number of para-hydroxylation sites is 1.